The Morgan fingerprint density at radius 2 is 2.23 bits per heavy atom. The minimum Gasteiger partial charge on any atom is -0.349 e. The molecule has 0 aromatic carbocycles. The molecule has 0 aliphatic carbocycles. The van der Waals surface area contributed by atoms with Crippen molar-refractivity contribution in [3.63, 3.8) is 0 Å². The molecular weight excluding hydrogens is 318 g/mol. The first-order chi connectivity index (χ1) is 10.8. The van der Waals surface area contributed by atoms with Crippen LogP contribution in [0.5, 0.6) is 0 Å². The molecule has 2 aliphatic rings. The summed E-state index contributed by atoms with van der Waals surface area (Å²) in [4.78, 5) is 12.3. The number of carbonyl (C=O) groups is 1. The minimum absolute atomic E-state index is 0.0890. The van der Waals surface area contributed by atoms with E-state index in [1.165, 1.54) is 11.5 Å². The molecule has 0 bridgehead atoms. The second kappa shape index (κ2) is 7.70. The molecule has 1 amide bonds. The van der Waals surface area contributed by atoms with Gasteiger partial charge in [0, 0.05) is 29.1 Å². The predicted octanol–water partition coefficient (Wildman–Crippen LogP) is 1.09. The van der Waals surface area contributed by atoms with Crippen LogP contribution in [-0.4, -0.2) is 63.0 Å². The lowest BCUT2D eigenvalue weighted by Crippen LogP contribution is -2.34. The molecule has 0 radical (unpaired) electrons. The van der Waals surface area contributed by atoms with Gasteiger partial charge in [0.15, 0.2) is 5.69 Å². The van der Waals surface area contributed by atoms with Crippen molar-refractivity contribution in [2.45, 2.75) is 31.1 Å². The van der Waals surface area contributed by atoms with E-state index in [2.05, 4.69) is 20.9 Å². The third kappa shape index (κ3) is 3.78. The SMILES string of the molecule is Cc1c(C(=O)NCC2CSCCS2)nnn1C1CCNCC1. The van der Waals surface area contributed by atoms with Crippen LogP contribution in [0.1, 0.15) is 35.1 Å². The Morgan fingerprint density at radius 1 is 1.41 bits per heavy atom. The van der Waals surface area contributed by atoms with Crippen molar-refractivity contribution in [1.82, 2.24) is 25.6 Å². The van der Waals surface area contributed by atoms with Gasteiger partial charge in [-0.25, -0.2) is 4.68 Å². The number of amides is 1. The Morgan fingerprint density at radius 3 is 2.95 bits per heavy atom. The number of hydrogen-bond donors (Lipinski definition) is 2. The van der Waals surface area contributed by atoms with Gasteiger partial charge in [0.2, 0.25) is 0 Å². The van der Waals surface area contributed by atoms with Crippen molar-refractivity contribution >= 4 is 29.4 Å². The third-order valence-corrected chi connectivity index (χ3v) is 7.02. The summed E-state index contributed by atoms with van der Waals surface area (Å²) in [6.45, 7) is 4.67. The van der Waals surface area contributed by atoms with Crippen molar-refractivity contribution in [3.8, 4) is 0 Å². The van der Waals surface area contributed by atoms with Gasteiger partial charge in [0.1, 0.15) is 0 Å². The number of hydrogen-bond acceptors (Lipinski definition) is 6. The first kappa shape index (κ1) is 16.1. The Balaban J connectivity index is 1.59. The monoisotopic (exact) mass is 341 g/mol. The van der Waals surface area contributed by atoms with Gasteiger partial charge in [0.05, 0.1) is 11.7 Å². The van der Waals surface area contributed by atoms with E-state index < -0.39 is 0 Å². The molecule has 3 heterocycles. The molecule has 2 saturated heterocycles. The summed E-state index contributed by atoms with van der Waals surface area (Å²) in [6, 6.07) is 0.362. The molecule has 0 spiro atoms. The highest BCUT2D eigenvalue weighted by molar-refractivity contribution is 8.06. The highest BCUT2D eigenvalue weighted by atomic mass is 32.2. The van der Waals surface area contributed by atoms with E-state index in [9.17, 15) is 4.79 Å². The standard InChI is InChI=1S/C14H23N5OS2/c1-10-13(14(20)16-8-12-9-21-6-7-22-12)17-18-19(10)11-2-4-15-5-3-11/h11-12,15H,2-9H2,1H3,(H,16,20). The van der Waals surface area contributed by atoms with Gasteiger partial charge in [-0.1, -0.05) is 5.21 Å². The van der Waals surface area contributed by atoms with E-state index >= 15 is 0 Å². The Labute approximate surface area is 139 Å². The number of piperidine rings is 1. The second-order valence-electron chi connectivity index (χ2n) is 5.73. The molecule has 2 aliphatic heterocycles. The Kier molecular flexibility index (Phi) is 5.65. The third-order valence-electron chi connectivity index (χ3n) is 4.17. The molecule has 3 rings (SSSR count). The van der Waals surface area contributed by atoms with Crippen LogP contribution in [0.25, 0.3) is 0 Å². The van der Waals surface area contributed by atoms with Gasteiger partial charge in [-0.05, 0) is 32.9 Å². The van der Waals surface area contributed by atoms with Crippen LogP contribution in [0, 0.1) is 6.92 Å². The molecule has 8 heteroatoms. The van der Waals surface area contributed by atoms with Crippen LogP contribution in [-0.2, 0) is 0 Å². The zero-order valence-corrected chi connectivity index (χ0v) is 14.5. The number of nitrogens with zero attached hydrogens (tertiary/aromatic N) is 3. The maximum absolute atomic E-state index is 12.3. The maximum Gasteiger partial charge on any atom is 0.273 e. The fraction of sp³-hybridized carbons (Fsp3) is 0.786. The number of aromatic nitrogens is 3. The summed E-state index contributed by atoms with van der Waals surface area (Å²) in [5.41, 5.74) is 1.36. The maximum atomic E-state index is 12.3. The highest BCUT2D eigenvalue weighted by Crippen LogP contribution is 2.23. The smallest absolute Gasteiger partial charge is 0.273 e. The summed E-state index contributed by atoms with van der Waals surface area (Å²) < 4.78 is 1.93. The van der Waals surface area contributed by atoms with E-state index in [1.54, 1.807) is 0 Å². The van der Waals surface area contributed by atoms with Crippen molar-refractivity contribution in [3.05, 3.63) is 11.4 Å². The van der Waals surface area contributed by atoms with Crippen LogP contribution in [0.15, 0.2) is 0 Å². The molecule has 2 fully saturated rings. The molecule has 0 saturated carbocycles. The lowest BCUT2D eigenvalue weighted by molar-refractivity contribution is 0.0948. The van der Waals surface area contributed by atoms with E-state index in [0.29, 0.717) is 17.0 Å². The van der Waals surface area contributed by atoms with Crippen LogP contribution >= 0.6 is 23.5 Å². The average Bonchev–Trinajstić information content (AvgIpc) is 2.96. The number of carbonyl (C=O) groups excluding carboxylic acids is 1. The summed E-state index contributed by atoms with van der Waals surface area (Å²) in [5, 5.41) is 15.2. The lowest BCUT2D eigenvalue weighted by atomic mass is 10.1. The number of nitrogens with one attached hydrogen (secondary N) is 2. The predicted molar refractivity (Wildman–Crippen MR) is 91.8 cm³/mol. The molecule has 1 aromatic rings. The van der Waals surface area contributed by atoms with E-state index in [4.69, 9.17) is 0 Å². The number of rotatable bonds is 4. The topological polar surface area (TPSA) is 71.8 Å². The first-order valence-electron chi connectivity index (χ1n) is 7.85. The molecule has 6 nitrogen and oxygen atoms in total. The molecule has 1 aromatic heterocycles. The van der Waals surface area contributed by atoms with Crippen molar-refractivity contribution in [2.75, 3.05) is 36.9 Å². The Bertz CT molecular complexity index is 509. The molecule has 1 atom stereocenters. The van der Waals surface area contributed by atoms with E-state index in [-0.39, 0.29) is 5.91 Å². The van der Waals surface area contributed by atoms with Gasteiger partial charge >= 0.3 is 0 Å². The van der Waals surface area contributed by atoms with Crippen molar-refractivity contribution in [1.29, 1.82) is 0 Å². The molecule has 1 unspecified atom stereocenters. The number of thioether (sulfide) groups is 2. The van der Waals surface area contributed by atoms with Crippen LogP contribution in [0.4, 0.5) is 0 Å². The summed E-state index contributed by atoms with van der Waals surface area (Å²) in [7, 11) is 0. The first-order valence-corrected chi connectivity index (χ1v) is 10.1. The second-order valence-corrected chi connectivity index (χ2v) is 8.29. The van der Waals surface area contributed by atoms with Crippen LogP contribution in [0.2, 0.25) is 0 Å². The molecule has 22 heavy (non-hydrogen) atoms. The highest BCUT2D eigenvalue weighted by Gasteiger charge is 2.23. The van der Waals surface area contributed by atoms with Gasteiger partial charge in [-0.3, -0.25) is 4.79 Å². The fourth-order valence-electron chi connectivity index (χ4n) is 2.89. The van der Waals surface area contributed by atoms with Crippen molar-refractivity contribution < 1.29 is 4.79 Å². The van der Waals surface area contributed by atoms with Crippen molar-refractivity contribution in [2.24, 2.45) is 0 Å². The van der Waals surface area contributed by atoms with Gasteiger partial charge in [-0.15, -0.1) is 5.10 Å². The lowest BCUT2D eigenvalue weighted by Gasteiger charge is -2.23. The Hall–Kier alpha value is -0.730. The van der Waals surface area contributed by atoms with Crippen LogP contribution in [0.3, 0.4) is 0 Å². The zero-order chi connectivity index (χ0) is 15.4. The molecule has 122 valence electrons. The quantitative estimate of drug-likeness (QED) is 0.854. The molecule has 2 N–H and O–H groups in total. The van der Waals surface area contributed by atoms with Gasteiger partial charge < -0.3 is 10.6 Å². The summed E-state index contributed by atoms with van der Waals surface area (Å²) in [5.74, 6) is 3.43. The summed E-state index contributed by atoms with van der Waals surface area (Å²) in [6.07, 6.45) is 2.09. The van der Waals surface area contributed by atoms with Gasteiger partial charge in [0.25, 0.3) is 5.91 Å². The fourth-order valence-corrected chi connectivity index (χ4v) is 5.51. The minimum atomic E-state index is -0.0890. The van der Waals surface area contributed by atoms with Crippen LogP contribution < -0.4 is 10.6 Å². The largest absolute Gasteiger partial charge is 0.349 e. The average molecular weight is 342 g/mol. The van der Waals surface area contributed by atoms with E-state index in [0.717, 1.165) is 43.9 Å². The van der Waals surface area contributed by atoms with E-state index in [1.807, 2.05) is 35.1 Å². The zero-order valence-electron chi connectivity index (χ0n) is 12.9. The van der Waals surface area contributed by atoms with Gasteiger partial charge in [-0.2, -0.15) is 23.5 Å². The molecular formula is C14H23N5OS2. The normalized spacial score (nSPS) is 23.4. The summed E-state index contributed by atoms with van der Waals surface area (Å²) >= 11 is 3.92.